The third-order valence-corrected chi connectivity index (χ3v) is 7.52. The van der Waals surface area contributed by atoms with Crippen molar-refractivity contribution in [2.24, 2.45) is 0 Å². The molecule has 7 rings (SSSR count). The maximum Gasteiger partial charge on any atom is 0.119 e. The van der Waals surface area contributed by atoms with Crippen molar-refractivity contribution in [3.05, 3.63) is 121 Å². The topological polar surface area (TPSA) is 77.3 Å². The first kappa shape index (κ1) is 23.7. The highest BCUT2D eigenvalue weighted by Gasteiger charge is 2.15. The molecule has 3 aromatic carbocycles. The Morgan fingerprint density at radius 1 is 0.450 bits per heavy atom. The van der Waals surface area contributed by atoms with Crippen LogP contribution in [0.4, 0.5) is 0 Å². The predicted octanol–water partition coefficient (Wildman–Crippen LogP) is 7.65. The molecule has 0 atom stereocenters. The Labute approximate surface area is 231 Å². The molecule has 0 unspecified atom stereocenters. The summed E-state index contributed by atoms with van der Waals surface area (Å²) in [6.07, 6.45) is 7.10. The van der Waals surface area contributed by atoms with Crippen LogP contribution in [-0.4, -0.2) is 30.4 Å². The Morgan fingerprint density at radius 3 is 1.32 bits per heavy atom. The van der Waals surface area contributed by atoms with Crippen molar-refractivity contribution in [3.8, 4) is 44.8 Å². The Bertz CT molecular complexity index is 1870. The van der Waals surface area contributed by atoms with Crippen LogP contribution in [0.25, 0.3) is 66.6 Å². The first-order chi connectivity index (χ1) is 19.7. The fraction of sp³-hybridized carbons (Fsp3) is 0.0588. The lowest BCUT2D eigenvalue weighted by Gasteiger charge is -2.14. The number of nitrogens with zero attached hydrogens (tertiary/aromatic N) is 6. The minimum absolute atomic E-state index is 0.799. The fourth-order valence-electron chi connectivity index (χ4n) is 5.43. The number of pyridine rings is 2. The molecule has 0 aliphatic rings. The number of hydrogen-bond donors (Lipinski definition) is 0. The lowest BCUT2D eigenvalue weighted by atomic mass is 9.91. The molecule has 0 bridgehead atoms. The molecular formula is C34H24N6. The molecule has 0 spiro atoms. The SMILES string of the molecule is Cc1c(-c2ccc(-c3cccc(-c4nncc5cccnc45)c3C)cc2)cccc1-c1nncc2cccnc12. The van der Waals surface area contributed by atoms with E-state index in [-0.39, 0.29) is 0 Å². The van der Waals surface area contributed by atoms with Crippen LogP contribution in [0.5, 0.6) is 0 Å². The van der Waals surface area contributed by atoms with Crippen LogP contribution in [0.15, 0.2) is 110 Å². The zero-order valence-corrected chi connectivity index (χ0v) is 22.1. The van der Waals surface area contributed by atoms with Crippen LogP contribution < -0.4 is 0 Å². The van der Waals surface area contributed by atoms with Gasteiger partial charge in [0.25, 0.3) is 0 Å². The van der Waals surface area contributed by atoms with Crippen molar-refractivity contribution in [1.29, 1.82) is 0 Å². The molecule has 190 valence electrons. The summed E-state index contributed by atoms with van der Waals surface area (Å²) in [7, 11) is 0. The summed E-state index contributed by atoms with van der Waals surface area (Å²) in [5.41, 5.74) is 12.3. The van der Waals surface area contributed by atoms with E-state index in [0.717, 1.165) is 77.7 Å². The molecule has 0 saturated carbocycles. The molecule has 0 aliphatic carbocycles. The maximum absolute atomic E-state index is 4.59. The summed E-state index contributed by atoms with van der Waals surface area (Å²) in [5.74, 6) is 0. The van der Waals surface area contributed by atoms with E-state index in [4.69, 9.17) is 0 Å². The van der Waals surface area contributed by atoms with Crippen molar-refractivity contribution in [2.75, 3.05) is 0 Å². The van der Waals surface area contributed by atoms with Crippen molar-refractivity contribution in [1.82, 2.24) is 30.4 Å². The van der Waals surface area contributed by atoms with Gasteiger partial charge in [0.05, 0.1) is 23.4 Å². The smallest absolute Gasteiger partial charge is 0.119 e. The second-order valence-corrected chi connectivity index (χ2v) is 9.80. The highest BCUT2D eigenvalue weighted by Crippen LogP contribution is 2.36. The molecule has 7 aromatic rings. The van der Waals surface area contributed by atoms with E-state index in [1.54, 1.807) is 24.8 Å². The van der Waals surface area contributed by atoms with Crippen molar-refractivity contribution < 1.29 is 0 Å². The summed E-state index contributed by atoms with van der Waals surface area (Å²) in [6, 6.07) is 29.2. The van der Waals surface area contributed by atoms with Crippen molar-refractivity contribution >= 4 is 21.8 Å². The Balaban J connectivity index is 1.27. The third-order valence-electron chi connectivity index (χ3n) is 7.52. The summed E-state index contributed by atoms with van der Waals surface area (Å²) in [5, 5.41) is 19.3. The van der Waals surface area contributed by atoms with E-state index >= 15 is 0 Å². The molecule has 0 aliphatic heterocycles. The molecular weight excluding hydrogens is 492 g/mol. The standard InChI is InChI=1S/C34H24N6/c1-21-27(9-3-11-29(21)33-31-25(19-37-39-33)7-5-17-35-31)23-13-15-24(16-14-23)28-10-4-12-30(22(28)2)34-32-26(20-38-40-34)8-6-18-36-32/h3-20H,1-2H3. The van der Waals surface area contributed by atoms with Gasteiger partial charge in [-0.2, -0.15) is 10.2 Å². The van der Waals surface area contributed by atoms with E-state index in [9.17, 15) is 0 Å². The normalized spacial score (nSPS) is 11.2. The molecule has 6 nitrogen and oxygen atoms in total. The molecule has 0 saturated heterocycles. The molecule has 0 amide bonds. The fourth-order valence-corrected chi connectivity index (χ4v) is 5.43. The zero-order chi connectivity index (χ0) is 27.1. The third kappa shape index (κ3) is 3.98. The average Bonchev–Trinajstić information content (AvgIpc) is 3.01. The van der Waals surface area contributed by atoms with Gasteiger partial charge in [0.15, 0.2) is 0 Å². The zero-order valence-electron chi connectivity index (χ0n) is 22.1. The average molecular weight is 517 g/mol. The first-order valence-electron chi connectivity index (χ1n) is 13.1. The van der Waals surface area contributed by atoms with Gasteiger partial charge in [-0.1, -0.05) is 60.7 Å². The van der Waals surface area contributed by atoms with E-state index in [1.807, 2.05) is 24.3 Å². The van der Waals surface area contributed by atoms with Gasteiger partial charge in [0.2, 0.25) is 0 Å². The van der Waals surface area contributed by atoms with Gasteiger partial charge >= 0.3 is 0 Å². The van der Waals surface area contributed by atoms with Gasteiger partial charge < -0.3 is 0 Å². The van der Waals surface area contributed by atoms with Gasteiger partial charge in [0, 0.05) is 34.3 Å². The molecule has 0 N–H and O–H groups in total. The summed E-state index contributed by atoms with van der Waals surface area (Å²) >= 11 is 0. The molecule has 6 heteroatoms. The predicted molar refractivity (Wildman–Crippen MR) is 159 cm³/mol. The quantitative estimate of drug-likeness (QED) is 0.239. The van der Waals surface area contributed by atoms with E-state index < -0.39 is 0 Å². The highest BCUT2D eigenvalue weighted by molar-refractivity contribution is 5.94. The molecule has 0 fully saturated rings. The van der Waals surface area contributed by atoms with E-state index in [1.165, 1.54) is 0 Å². The van der Waals surface area contributed by atoms with Crippen LogP contribution in [0.1, 0.15) is 11.1 Å². The second kappa shape index (κ2) is 9.75. The lowest BCUT2D eigenvalue weighted by molar-refractivity contribution is 1.05. The van der Waals surface area contributed by atoms with Crippen LogP contribution in [-0.2, 0) is 0 Å². The maximum atomic E-state index is 4.59. The Kier molecular flexibility index (Phi) is 5.78. The first-order valence-corrected chi connectivity index (χ1v) is 13.1. The summed E-state index contributed by atoms with van der Waals surface area (Å²) in [4.78, 5) is 9.17. The van der Waals surface area contributed by atoms with Crippen LogP contribution in [0, 0.1) is 13.8 Å². The number of benzene rings is 3. The Morgan fingerprint density at radius 2 is 0.875 bits per heavy atom. The summed E-state index contributed by atoms with van der Waals surface area (Å²) in [6.45, 7) is 4.27. The van der Waals surface area contributed by atoms with Gasteiger partial charge in [-0.3, -0.25) is 9.97 Å². The number of rotatable bonds is 4. The monoisotopic (exact) mass is 516 g/mol. The lowest BCUT2D eigenvalue weighted by Crippen LogP contribution is -1.96. The van der Waals surface area contributed by atoms with E-state index in [2.05, 4.69) is 105 Å². The number of aromatic nitrogens is 6. The number of fused-ring (bicyclic) bond motifs is 2. The Hall–Kier alpha value is -5.36. The van der Waals surface area contributed by atoms with Gasteiger partial charge in [-0.25, -0.2) is 0 Å². The molecule has 4 heterocycles. The van der Waals surface area contributed by atoms with Crippen molar-refractivity contribution in [3.63, 3.8) is 0 Å². The molecule has 40 heavy (non-hydrogen) atoms. The molecule has 0 radical (unpaired) electrons. The van der Waals surface area contributed by atoms with Gasteiger partial charge in [-0.05, 0) is 71.5 Å². The minimum atomic E-state index is 0.799. The van der Waals surface area contributed by atoms with Crippen LogP contribution in [0.2, 0.25) is 0 Å². The van der Waals surface area contributed by atoms with Crippen LogP contribution in [0.3, 0.4) is 0 Å². The van der Waals surface area contributed by atoms with Gasteiger partial charge in [-0.15, -0.1) is 10.2 Å². The largest absolute Gasteiger partial charge is 0.254 e. The highest BCUT2D eigenvalue weighted by atomic mass is 15.1. The summed E-state index contributed by atoms with van der Waals surface area (Å²) < 4.78 is 0. The number of hydrogen-bond acceptors (Lipinski definition) is 6. The van der Waals surface area contributed by atoms with E-state index in [0.29, 0.717) is 0 Å². The molecule has 4 aromatic heterocycles. The van der Waals surface area contributed by atoms with Crippen LogP contribution >= 0.6 is 0 Å². The van der Waals surface area contributed by atoms with Gasteiger partial charge in [0.1, 0.15) is 11.4 Å². The minimum Gasteiger partial charge on any atom is -0.254 e. The van der Waals surface area contributed by atoms with Crippen molar-refractivity contribution in [2.45, 2.75) is 13.8 Å². The second-order valence-electron chi connectivity index (χ2n) is 9.80.